The molecule has 0 bridgehead atoms. The van der Waals surface area contributed by atoms with Crippen LogP contribution in [0.2, 0.25) is 0 Å². The Bertz CT molecular complexity index is 1260. The van der Waals surface area contributed by atoms with Crippen LogP contribution in [0, 0.1) is 24.5 Å². The number of hydrogen-bond acceptors (Lipinski definition) is 4. The maximum Gasteiger partial charge on any atom is 0.216 e. The van der Waals surface area contributed by atoms with Gasteiger partial charge in [-0.15, -0.1) is 0 Å². The SMILES string of the molecule is Cc1cc(-c2ccc(-c3nc4c(F)c(F)ccc4[nH]3)cn2)cnc1O[C@H]1CC[C@H](C)CC1. The standard InChI is InChI=1S/C25H24F2N4O/c1-14-3-6-18(7-4-14)32-25-15(2)11-17(13-29-25)20-9-5-16(12-28-20)24-30-21-10-8-19(26)22(27)23(21)31-24/h5,8-14,18H,3-4,6-7H2,1-2H3,(H,30,31)/t14-,18-. The zero-order valence-electron chi connectivity index (χ0n) is 18.0. The Balaban J connectivity index is 1.35. The minimum absolute atomic E-state index is 0.0214. The zero-order chi connectivity index (χ0) is 22.2. The van der Waals surface area contributed by atoms with Crippen molar-refractivity contribution in [1.29, 1.82) is 0 Å². The highest BCUT2D eigenvalue weighted by Crippen LogP contribution is 2.30. The molecule has 4 aromatic rings. The average molecular weight is 434 g/mol. The lowest BCUT2D eigenvalue weighted by atomic mass is 9.89. The van der Waals surface area contributed by atoms with Gasteiger partial charge in [0.25, 0.3) is 0 Å². The van der Waals surface area contributed by atoms with E-state index < -0.39 is 11.6 Å². The van der Waals surface area contributed by atoms with Gasteiger partial charge in [-0.3, -0.25) is 4.98 Å². The summed E-state index contributed by atoms with van der Waals surface area (Å²) in [5.74, 6) is 0.0171. The van der Waals surface area contributed by atoms with E-state index in [1.54, 1.807) is 12.4 Å². The fourth-order valence-corrected chi connectivity index (χ4v) is 4.19. The summed E-state index contributed by atoms with van der Waals surface area (Å²) in [5, 5.41) is 0. The van der Waals surface area contributed by atoms with Gasteiger partial charge in [0, 0.05) is 29.1 Å². The number of benzene rings is 1. The first kappa shape index (κ1) is 20.5. The number of H-pyrrole nitrogens is 1. The molecule has 0 saturated heterocycles. The molecule has 0 aliphatic heterocycles. The molecule has 3 aromatic heterocycles. The lowest BCUT2D eigenvalue weighted by Crippen LogP contribution is -2.23. The van der Waals surface area contributed by atoms with Crippen LogP contribution < -0.4 is 4.74 Å². The van der Waals surface area contributed by atoms with Gasteiger partial charge in [0.1, 0.15) is 17.4 Å². The third-order valence-corrected chi connectivity index (χ3v) is 6.15. The fraction of sp³-hybridized carbons (Fsp3) is 0.320. The molecule has 5 rings (SSSR count). The maximum atomic E-state index is 14.0. The van der Waals surface area contributed by atoms with E-state index >= 15 is 0 Å². The molecule has 32 heavy (non-hydrogen) atoms. The second-order valence-corrected chi connectivity index (χ2v) is 8.62. The molecule has 1 N–H and O–H groups in total. The van der Waals surface area contributed by atoms with E-state index in [0.29, 0.717) is 22.8 Å². The van der Waals surface area contributed by atoms with Crippen LogP contribution in [0.4, 0.5) is 8.78 Å². The van der Waals surface area contributed by atoms with Crippen molar-refractivity contribution < 1.29 is 13.5 Å². The summed E-state index contributed by atoms with van der Waals surface area (Å²) in [6.45, 7) is 4.28. The fourth-order valence-electron chi connectivity index (χ4n) is 4.19. The van der Waals surface area contributed by atoms with Crippen molar-refractivity contribution in [2.45, 2.75) is 45.6 Å². The summed E-state index contributed by atoms with van der Waals surface area (Å²) in [6, 6.07) is 8.28. The molecule has 0 unspecified atom stereocenters. The molecule has 0 amide bonds. The summed E-state index contributed by atoms with van der Waals surface area (Å²) < 4.78 is 33.6. The van der Waals surface area contributed by atoms with Crippen LogP contribution in [-0.4, -0.2) is 26.0 Å². The van der Waals surface area contributed by atoms with E-state index in [0.717, 1.165) is 41.6 Å². The first-order valence-electron chi connectivity index (χ1n) is 10.9. The van der Waals surface area contributed by atoms with Crippen LogP contribution in [0.25, 0.3) is 33.7 Å². The van der Waals surface area contributed by atoms with E-state index in [1.165, 1.54) is 18.9 Å². The molecule has 1 aromatic carbocycles. The first-order valence-corrected chi connectivity index (χ1v) is 10.9. The molecular weight excluding hydrogens is 410 g/mol. The number of halogens is 2. The van der Waals surface area contributed by atoms with Crippen LogP contribution >= 0.6 is 0 Å². The number of aryl methyl sites for hydroxylation is 1. The maximum absolute atomic E-state index is 14.0. The van der Waals surface area contributed by atoms with E-state index in [1.807, 2.05) is 25.1 Å². The van der Waals surface area contributed by atoms with Crippen LogP contribution in [0.5, 0.6) is 5.88 Å². The molecule has 1 aliphatic carbocycles. The smallest absolute Gasteiger partial charge is 0.216 e. The van der Waals surface area contributed by atoms with Gasteiger partial charge in [-0.1, -0.05) is 6.92 Å². The number of pyridine rings is 2. The molecule has 1 fully saturated rings. The normalized spacial score (nSPS) is 18.8. The van der Waals surface area contributed by atoms with Gasteiger partial charge in [0.2, 0.25) is 5.88 Å². The van der Waals surface area contributed by atoms with Gasteiger partial charge < -0.3 is 9.72 Å². The number of rotatable bonds is 4. The van der Waals surface area contributed by atoms with Crippen LogP contribution in [-0.2, 0) is 0 Å². The minimum Gasteiger partial charge on any atom is -0.474 e. The van der Waals surface area contributed by atoms with Gasteiger partial charge in [-0.2, -0.15) is 0 Å². The van der Waals surface area contributed by atoms with Crippen LogP contribution in [0.1, 0.15) is 38.2 Å². The summed E-state index contributed by atoms with van der Waals surface area (Å²) in [6.07, 6.45) is 8.22. The molecule has 5 nitrogen and oxygen atoms in total. The molecule has 3 heterocycles. The largest absolute Gasteiger partial charge is 0.474 e. The predicted molar refractivity (Wildman–Crippen MR) is 119 cm³/mol. The Morgan fingerprint density at radius 1 is 0.969 bits per heavy atom. The first-order chi connectivity index (χ1) is 15.5. The Morgan fingerprint density at radius 2 is 1.75 bits per heavy atom. The number of aromatic amines is 1. The van der Waals surface area contributed by atoms with Gasteiger partial charge in [0.05, 0.1) is 11.2 Å². The number of ether oxygens (including phenoxy) is 1. The Morgan fingerprint density at radius 3 is 2.47 bits per heavy atom. The van der Waals surface area contributed by atoms with Gasteiger partial charge in [-0.25, -0.2) is 18.7 Å². The van der Waals surface area contributed by atoms with Crippen molar-refractivity contribution in [3.63, 3.8) is 0 Å². The summed E-state index contributed by atoms with van der Waals surface area (Å²) in [4.78, 5) is 16.3. The Hall–Kier alpha value is -3.35. The number of fused-ring (bicyclic) bond motifs is 1. The summed E-state index contributed by atoms with van der Waals surface area (Å²) in [7, 11) is 0. The highest BCUT2D eigenvalue weighted by Gasteiger charge is 2.21. The molecular formula is C25H24F2N4O. The molecule has 0 atom stereocenters. The van der Waals surface area contributed by atoms with E-state index in [9.17, 15) is 8.78 Å². The van der Waals surface area contributed by atoms with Crippen LogP contribution in [0.3, 0.4) is 0 Å². The zero-order valence-corrected chi connectivity index (χ0v) is 18.0. The van der Waals surface area contributed by atoms with E-state index in [4.69, 9.17) is 4.74 Å². The van der Waals surface area contributed by atoms with Gasteiger partial charge >= 0.3 is 0 Å². The molecule has 164 valence electrons. The molecule has 1 aliphatic rings. The molecule has 1 saturated carbocycles. The highest BCUT2D eigenvalue weighted by molar-refractivity contribution is 5.80. The van der Waals surface area contributed by atoms with Crippen molar-refractivity contribution in [3.05, 3.63) is 59.9 Å². The number of imidazole rings is 1. The molecule has 0 spiro atoms. The summed E-state index contributed by atoms with van der Waals surface area (Å²) >= 11 is 0. The van der Waals surface area contributed by atoms with Crippen molar-refractivity contribution in [2.24, 2.45) is 5.92 Å². The lowest BCUT2D eigenvalue weighted by molar-refractivity contribution is 0.129. The quantitative estimate of drug-likeness (QED) is 0.413. The highest BCUT2D eigenvalue weighted by atomic mass is 19.2. The van der Waals surface area contributed by atoms with Crippen molar-refractivity contribution in [3.8, 4) is 28.5 Å². The summed E-state index contributed by atoms with van der Waals surface area (Å²) in [5.41, 5.74) is 3.72. The number of hydrogen-bond donors (Lipinski definition) is 1. The van der Waals surface area contributed by atoms with Crippen LogP contribution in [0.15, 0.2) is 42.7 Å². The second-order valence-electron chi connectivity index (χ2n) is 8.62. The van der Waals surface area contributed by atoms with Gasteiger partial charge in [0.15, 0.2) is 11.6 Å². The number of nitrogens with one attached hydrogen (secondary N) is 1. The third-order valence-electron chi connectivity index (χ3n) is 6.15. The van der Waals surface area contributed by atoms with Crippen molar-refractivity contribution in [1.82, 2.24) is 19.9 Å². The number of nitrogens with zero attached hydrogens (tertiary/aromatic N) is 3. The minimum atomic E-state index is -0.957. The average Bonchev–Trinajstić information content (AvgIpc) is 3.24. The second kappa shape index (κ2) is 8.30. The van der Waals surface area contributed by atoms with E-state index in [-0.39, 0.29) is 11.6 Å². The van der Waals surface area contributed by atoms with E-state index in [2.05, 4.69) is 26.9 Å². The van der Waals surface area contributed by atoms with Crippen molar-refractivity contribution in [2.75, 3.05) is 0 Å². The lowest BCUT2D eigenvalue weighted by Gasteiger charge is -2.26. The Kier molecular flexibility index (Phi) is 5.33. The number of aromatic nitrogens is 4. The van der Waals surface area contributed by atoms with Gasteiger partial charge in [-0.05, 0) is 68.9 Å². The topological polar surface area (TPSA) is 63.7 Å². The third kappa shape index (κ3) is 3.95. The van der Waals surface area contributed by atoms with Crippen molar-refractivity contribution >= 4 is 11.0 Å². The predicted octanol–water partition coefficient (Wildman–Crippen LogP) is 6.23. The monoisotopic (exact) mass is 434 g/mol. The Labute approximate surface area is 184 Å². The molecule has 0 radical (unpaired) electrons. The molecule has 7 heteroatoms.